The van der Waals surface area contributed by atoms with Crippen molar-refractivity contribution in [1.29, 1.82) is 0 Å². The SMILES string of the molecule is CN(CC1CCCCO1)S(=O)(=O)c1c(F)cc(F)cc1Br. The summed E-state index contributed by atoms with van der Waals surface area (Å²) in [6.07, 6.45) is 2.52. The summed E-state index contributed by atoms with van der Waals surface area (Å²) < 4.78 is 58.2. The maximum atomic E-state index is 13.8. The maximum Gasteiger partial charge on any atom is 0.246 e. The minimum absolute atomic E-state index is 0.128. The van der Waals surface area contributed by atoms with Crippen molar-refractivity contribution in [3.8, 4) is 0 Å². The highest BCUT2D eigenvalue weighted by atomic mass is 79.9. The molecular formula is C13H16BrF2NO3S. The number of benzene rings is 1. The molecule has 1 aliphatic rings. The summed E-state index contributed by atoms with van der Waals surface area (Å²) in [5.74, 6) is -1.95. The molecular weight excluding hydrogens is 368 g/mol. The molecule has 1 fully saturated rings. The molecule has 1 atom stereocenters. The van der Waals surface area contributed by atoms with Crippen molar-refractivity contribution in [1.82, 2.24) is 4.31 Å². The summed E-state index contributed by atoms with van der Waals surface area (Å²) in [5, 5.41) is 0. The Morgan fingerprint density at radius 2 is 2.10 bits per heavy atom. The first-order valence-corrected chi connectivity index (χ1v) is 8.78. The van der Waals surface area contributed by atoms with Crippen LogP contribution in [0, 0.1) is 11.6 Å². The van der Waals surface area contributed by atoms with E-state index in [0.29, 0.717) is 12.7 Å². The molecule has 1 aromatic carbocycles. The van der Waals surface area contributed by atoms with Crippen LogP contribution in [0.2, 0.25) is 0 Å². The van der Waals surface area contributed by atoms with Gasteiger partial charge >= 0.3 is 0 Å². The summed E-state index contributed by atoms with van der Waals surface area (Å²) in [6, 6.07) is 1.49. The van der Waals surface area contributed by atoms with Gasteiger partial charge in [-0.25, -0.2) is 17.2 Å². The number of hydrogen-bond donors (Lipinski definition) is 0. The number of halogens is 3. The highest BCUT2D eigenvalue weighted by Crippen LogP contribution is 2.29. The van der Waals surface area contributed by atoms with Gasteiger partial charge in [0.2, 0.25) is 10.0 Å². The topological polar surface area (TPSA) is 46.6 Å². The van der Waals surface area contributed by atoms with Crippen molar-refractivity contribution in [2.45, 2.75) is 30.3 Å². The molecule has 8 heteroatoms. The number of sulfonamides is 1. The monoisotopic (exact) mass is 383 g/mol. The Hall–Kier alpha value is -0.570. The van der Waals surface area contributed by atoms with E-state index < -0.39 is 26.6 Å². The van der Waals surface area contributed by atoms with E-state index in [0.717, 1.165) is 29.6 Å². The van der Waals surface area contributed by atoms with Crippen LogP contribution in [-0.2, 0) is 14.8 Å². The zero-order chi connectivity index (χ0) is 15.6. The van der Waals surface area contributed by atoms with E-state index in [4.69, 9.17) is 4.74 Å². The van der Waals surface area contributed by atoms with Gasteiger partial charge in [0.15, 0.2) is 0 Å². The molecule has 0 saturated carbocycles. The zero-order valence-corrected chi connectivity index (χ0v) is 13.9. The van der Waals surface area contributed by atoms with Crippen LogP contribution < -0.4 is 0 Å². The third-order valence-electron chi connectivity index (χ3n) is 3.37. The summed E-state index contributed by atoms with van der Waals surface area (Å²) in [7, 11) is -2.69. The van der Waals surface area contributed by atoms with Crippen molar-refractivity contribution in [3.63, 3.8) is 0 Å². The average Bonchev–Trinajstić information content (AvgIpc) is 2.38. The lowest BCUT2D eigenvalue weighted by molar-refractivity contribution is 0.00856. The van der Waals surface area contributed by atoms with Gasteiger partial charge in [-0.3, -0.25) is 0 Å². The van der Waals surface area contributed by atoms with E-state index in [1.54, 1.807) is 0 Å². The van der Waals surface area contributed by atoms with Crippen molar-refractivity contribution in [3.05, 3.63) is 28.2 Å². The quantitative estimate of drug-likeness (QED) is 0.802. The van der Waals surface area contributed by atoms with Gasteiger partial charge in [-0.2, -0.15) is 4.31 Å². The molecule has 2 rings (SSSR count). The Balaban J connectivity index is 2.24. The smallest absolute Gasteiger partial charge is 0.246 e. The molecule has 0 amide bonds. The number of ether oxygens (including phenoxy) is 1. The van der Waals surface area contributed by atoms with E-state index in [2.05, 4.69) is 15.9 Å². The summed E-state index contributed by atoms with van der Waals surface area (Å²) in [6.45, 7) is 0.749. The zero-order valence-electron chi connectivity index (χ0n) is 11.5. The van der Waals surface area contributed by atoms with Crippen molar-refractivity contribution >= 4 is 26.0 Å². The van der Waals surface area contributed by atoms with Gasteiger partial charge in [0.25, 0.3) is 0 Å². The van der Waals surface area contributed by atoms with E-state index >= 15 is 0 Å². The van der Waals surface area contributed by atoms with Gasteiger partial charge in [0.1, 0.15) is 16.5 Å². The molecule has 1 unspecified atom stereocenters. The predicted octanol–water partition coefficient (Wildman–Crippen LogP) is 2.92. The van der Waals surface area contributed by atoms with Crippen LogP contribution in [-0.4, -0.2) is 39.0 Å². The Kier molecular flexibility index (Phi) is 5.34. The van der Waals surface area contributed by atoms with Gasteiger partial charge < -0.3 is 4.74 Å². The van der Waals surface area contributed by atoms with Crippen LogP contribution in [0.5, 0.6) is 0 Å². The molecule has 0 bridgehead atoms. The number of nitrogens with zero attached hydrogens (tertiary/aromatic N) is 1. The van der Waals surface area contributed by atoms with Gasteiger partial charge in [-0.1, -0.05) is 0 Å². The fourth-order valence-electron chi connectivity index (χ4n) is 2.27. The van der Waals surface area contributed by atoms with E-state index in [9.17, 15) is 17.2 Å². The second kappa shape index (κ2) is 6.68. The summed E-state index contributed by atoms with van der Waals surface area (Å²) >= 11 is 2.91. The second-order valence-corrected chi connectivity index (χ2v) is 7.81. The third-order valence-corrected chi connectivity index (χ3v) is 6.15. The highest BCUT2D eigenvalue weighted by molar-refractivity contribution is 9.10. The fraction of sp³-hybridized carbons (Fsp3) is 0.538. The number of hydrogen-bond acceptors (Lipinski definition) is 3. The maximum absolute atomic E-state index is 13.8. The first-order chi connectivity index (χ1) is 9.82. The standard InChI is InChI=1S/C13H16BrF2NO3S/c1-17(8-10-4-2-3-5-20-10)21(18,19)13-11(14)6-9(15)7-12(13)16/h6-7,10H,2-5,8H2,1H3. The molecule has 21 heavy (non-hydrogen) atoms. The van der Waals surface area contributed by atoms with Gasteiger partial charge in [-0.15, -0.1) is 0 Å². The van der Waals surface area contributed by atoms with Crippen LogP contribution in [0.1, 0.15) is 19.3 Å². The van der Waals surface area contributed by atoms with Gasteiger partial charge in [-0.05, 0) is 41.3 Å². The molecule has 0 spiro atoms. The molecule has 0 radical (unpaired) electrons. The second-order valence-electron chi connectivity index (χ2n) is 4.97. The van der Waals surface area contributed by atoms with Crippen LogP contribution in [0.3, 0.4) is 0 Å². The van der Waals surface area contributed by atoms with Crippen LogP contribution in [0.15, 0.2) is 21.5 Å². The molecule has 1 heterocycles. The highest BCUT2D eigenvalue weighted by Gasteiger charge is 2.30. The van der Waals surface area contributed by atoms with Crippen molar-refractivity contribution < 1.29 is 21.9 Å². The largest absolute Gasteiger partial charge is 0.377 e. The minimum atomic E-state index is -4.05. The van der Waals surface area contributed by atoms with E-state index in [1.807, 2.05) is 0 Å². The third kappa shape index (κ3) is 3.80. The molecule has 4 nitrogen and oxygen atoms in total. The predicted molar refractivity (Wildman–Crippen MR) is 77.5 cm³/mol. The van der Waals surface area contributed by atoms with Crippen LogP contribution in [0.25, 0.3) is 0 Å². The van der Waals surface area contributed by atoms with Crippen LogP contribution in [0.4, 0.5) is 8.78 Å². The molecule has 1 aromatic rings. The Morgan fingerprint density at radius 3 is 2.67 bits per heavy atom. The molecule has 118 valence electrons. The average molecular weight is 384 g/mol. The lowest BCUT2D eigenvalue weighted by atomic mass is 10.1. The number of likely N-dealkylation sites (N-methyl/N-ethyl adjacent to an activating group) is 1. The molecule has 0 aliphatic carbocycles. The first kappa shape index (κ1) is 16.8. The van der Waals surface area contributed by atoms with Crippen molar-refractivity contribution in [2.24, 2.45) is 0 Å². The van der Waals surface area contributed by atoms with Crippen molar-refractivity contribution in [2.75, 3.05) is 20.2 Å². The Labute approximate surface area is 131 Å². The number of rotatable bonds is 4. The Bertz CT molecular complexity index is 595. The minimum Gasteiger partial charge on any atom is -0.377 e. The first-order valence-electron chi connectivity index (χ1n) is 6.55. The summed E-state index contributed by atoms with van der Waals surface area (Å²) in [5.41, 5.74) is 0. The molecule has 0 N–H and O–H groups in total. The fourth-order valence-corrected chi connectivity index (χ4v) is 4.57. The van der Waals surface area contributed by atoms with Crippen LogP contribution >= 0.6 is 15.9 Å². The van der Waals surface area contributed by atoms with E-state index in [1.165, 1.54) is 7.05 Å². The normalized spacial score (nSPS) is 20.0. The molecule has 1 aliphatic heterocycles. The lowest BCUT2D eigenvalue weighted by Crippen LogP contribution is -2.37. The molecule has 0 aromatic heterocycles. The Morgan fingerprint density at radius 1 is 1.38 bits per heavy atom. The summed E-state index contributed by atoms with van der Waals surface area (Å²) in [4.78, 5) is -0.554. The van der Waals surface area contributed by atoms with Gasteiger partial charge in [0, 0.05) is 30.7 Å². The van der Waals surface area contributed by atoms with Gasteiger partial charge in [0.05, 0.1) is 6.10 Å². The molecule has 1 saturated heterocycles. The lowest BCUT2D eigenvalue weighted by Gasteiger charge is -2.27. The van der Waals surface area contributed by atoms with E-state index in [-0.39, 0.29) is 17.1 Å².